The Morgan fingerprint density at radius 2 is 1.88 bits per heavy atom. The third-order valence-electron chi connectivity index (χ3n) is 4.57. The SMILES string of the molecule is O=C(O)NC1CCC(Nc2ncnc3sc4ccccc4c23)CC1. The number of nitrogens with zero attached hydrogens (tertiary/aromatic N) is 2. The van der Waals surface area contributed by atoms with E-state index in [0.29, 0.717) is 6.04 Å². The molecule has 0 saturated heterocycles. The number of thiophene rings is 1. The topological polar surface area (TPSA) is 87.1 Å². The van der Waals surface area contributed by atoms with Crippen molar-refractivity contribution in [3.8, 4) is 0 Å². The molecular formula is C17H18N4O2S. The molecule has 1 amide bonds. The van der Waals surface area contributed by atoms with Crippen LogP contribution >= 0.6 is 11.3 Å². The lowest BCUT2D eigenvalue weighted by molar-refractivity contribution is 0.185. The Bertz CT molecular complexity index is 887. The van der Waals surface area contributed by atoms with Gasteiger partial charge in [-0.15, -0.1) is 11.3 Å². The molecule has 0 spiro atoms. The van der Waals surface area contributed by atoms with E-state index in [4.69, 9.17) is 5.11 Å². The zero-order valence-electron chi connectivity index (χ0n) is 13.0. The van der Waals surface area contributed by atoms with Gasteiger partial charge in [0.25, 0.3) is 0 Å². The van der Waals surface area contributed by atoms with Crippen molar-refractivity contribution in [1.29, 1.82) is 0 Å². The highest BCUT2D eigenvalue weighted by atomic mass is 32.1. The number of anilines is 1. The number of benzene rings is 1. The van der Waals surface area contributed by atoms with Gasteiger partial charge >= 0.3 is 6.09 Å². The third-order valence-corrected chi connectivity index (χ3v) is 5.65. The first-order valence-corrected chi connectivity index (χ1v) is 8.90. The standard InChI is InChI=1S/C17H18N4O2S/c22-17(23)21-11-7-5-10(6-8-11)20-15-14-12-3-1-2-4-13(12)24-16(14)19-9-18-15/h1-4,9-11,21H,5-8H2,(H,22,23)(H,18,19,20). The minimum atomic E-state index is -0.936. The quantitative estimate of drug-likeness (QED) is 0.673. The van der Waals surface area contributed by atoms with Gasteiger partial charge in [-0.25, -0.2) is 14.8 Å². The zero-order valence-corrected chi connectivity index (χ0v) is 13.8. The van der Waals surface area contributed by atoms with Gasteiger partial charge in [-0.05, 0) is 31.7 Å². The first-order chi connectivity index (χ1) is 11.7. The summed E-state index contributed by atoms with van der Waals surface area (Å²) in [6, 6.07) is 8.66. The van der Waals surface area contributed by atoms with Crippen LogP contribution in [0.1, 0.15) is 25.7 Å². The van der Waals surface area contributed by atoms with Gasteiger partial charge in [0.2, 0.25) is 0 Å². The van der Waals surface area contributed by atoms with Crippen molar-refractivity contribution in [2.24, 2.45) is 0 Å². The van der Waals surface area contributed by atoms with Gasteiger partial charge < -0.3 is 15.7 Å². The molecular weight excluding hydrogens is 324 g/mol. The number of amides is 1. The number of aromatic nitrogens is 2. The molecule has 7 heteroatoms. The summed E-state index contributed by atoms with van der Waals surface area (Å²) in [7, 11) is 0. The van der Waals surface area contributed by atoms with Gasteiger partial charge in [-0.3, -0.25) is 0 Å². The molecule has 2 aromatic heterocycles. The number of carboxylic acid groups (broad SMARTS) is 1. The predicted molar refractivity (Wildman–Crippen MR) is 95.7 cm³/mol. The van der Waals surface area contributed by atoms with Gasteiger partial charge in [-0.2, -0.15) is 0 Å². The van der Waals surface area contributed by atoms with Crippen molar-refractivity contribution in [3.05, 3.63) is 30.6 Å². The molecule has 4 rings (SSSR count). The van der Waals surface area contributed by atoms with Crippen LogP contribution < -0.4 is 10.6 Å². The Morgan fingerprint density at radius 3 is 2.67 bits per heavy atom. The van der Waals surface area contributed by atoms with E-state index in [-0.39, 0.29) is 6.04 Å². The molecule has 24 heavy (non-hydrogen) atoms. The molecule has 6 nitrogen and oxygen atoms in total. The van der Waals surface area contributed by atoms with Crippen LogP contribution in [0.2, 0.25) is 0 Å². The highest BCUT2D eigenvalue weighted by molar-refractivity contribution is 7.25. The fraction of sp³-hybridized carbons (Fsp3) is 0.353. The van der Waals surface area contributed by atoms with E-state index >= 15 is 0 Å². The number of carbonyl (C=O) groups is 1. The van der Waals surface area contributed by atoms with Crippen molar-refractivity contribution in [2.45, 2.75) is 37.8 Å². The first-order valence-electron chi connectivity index (χ1n) is 8.09. The second-order valence-corrected chi connectivity index (χ2v) is 7.17. The summed E-state index contributed by atoms with van der Waals surface area (Å²) in [5, 5.41) is 17.2. The number of hydrogen-bond donors (Lipinski definition) is 3. The minimum Gasteiger partial charge on any atom is -0.465 e. The largest absolute Gasteiger partial charge is 0.465 e. The normalized spacial score (nSPS) is 21.0. The van der Waals surface area contributed by atoms with Crippen LogP contribution in [-0.4, -0.2) is 33.3 Å². The maximum absolute atomic E-state index is 10.7. The molecule has 0 atom stereocenters. The lowest BCUT2D eigenvalue weighted by Crippen LogP contribution is -2.39. The monoisotopic (exact) mass is 342 g/mol. The molecule has 1 aliphatic carbocycles. The maximum Gasteiger partial charge on any atom is 0.404 e. The molecule has 0 radical (unpaired) electrons. The second-order valence-electron chi connectivity index (χ2n) is 6.14. The van der Waals surface area contributed by atoms with E-state index in [1.165, 1.54) is 10.1 Å². The summed E-state index contributed by atoms with van der Waals surface area (Å²) in [6.07, 6.45) is 4.23. The van der Waals surface area contributed by atoms with E-state index in [0.717, 1.165) is 41.7 Å². The summed E-state index contributed by atoms with van der Waals surface area (Å²) >= 11 is 1.68. The van der Waals surface area contributed by atoms with Crippen molar-refractivity contribution in [1.82, 2.24) is 15.3 Å². The summed E-state index contributed by atoms with van der Waals surface area (Å²) in [6.45, 7) is 0. The van der Waals surface area contributed by atoms with Crippen LogP contribution in [0, 0.1) is 0 Å². The Kier molecular flexibility index (Phi) is 3.93. The molecule has 2 heterocycles. The summed E-state index contributed by atoms with van der Waals surface area (Å²) in [4.78, 5) is 20.6. The molecule has 0 aliphatic heterocycles. The summed E-state index contributed by atoms with van der Waals surface area (Å²) in [5.41, 5.74) is 0. The van der Waals surface area contributed by atoms with Crippen LogP contribution in [0.25, 0.3) is 20.3 Å². The first kappa shape index (κ1) is 15.1. The van der Waals surface area contributed by atoms with Crippen LogP contribution in [0.4, 0.5) is 10.6 Å². The molecule has 1 aromatic carbocycles. The second kappa shape index (κ2) is 6.24. The Hall–Kier alpha value is -2.41. The molecule has 1 saturated carbocycles. The fourth-order valence-electron chi connectivity index (χ4n) is 3.42. The van der Waals surface area contributed by atoms with Gasteiger partial charge in [0.1, 0.15) is 17.0 Å². The molecule has 3 aromatic rings. The van der Waals surface area contributed by atoms with Crippen molar-refractivity contribution >= 4 is 43.6 Å². The third kappa shape index (κ3) is 2.87. The molecule has 1 aliphatic rings. The van der Waals surface area contributed by atoms with Gasteiger partial charge in [0.05, 0.1) is 5.39 Å². The number of nitrogens with one attached hydrogen (secondary N) is 2. The van der Waals surface area contributed by atoms with E-state index in [1.807, 2.05) is 12.1 Å². The average molecular weight is 342 g/mol. The molecule has 3 N–H and O–H groups in total. The fourth-order valence-corrected chi connectivity index (χ4v) is 4.46. The zero-order chi connectivity index (χ0) is 16.5. The predicted octanol–water partition coefficient (Wildman–Crippen LogP) is 3.84. The highest BCUT2D eigenvalue weighted by Gasteiger charge is 2.23. The Labute approximate surface area is 142 Å². The number of fused-ring (bicyclic) bond motifs is 3. The number of hydrogen-bond acceptors (Lipinski definition) is 5. The lowest BCUT2D eigenvalue weighted by Gasteiger charge is -2.29. The van der Waals surface area contributed by atoms with E-state index in [2.05, 4.69) is 32.7 Å². The highest BCUT2D eigenvalue weighted by Crippen LogP contribution is 2.36. The molecule has 1 fully saturated rings. The average Bonchev–Trinajstić information content (AvgIpc) is 2.96. The van der Waals surface area contributed by atoms with Crippen LogP contribution in [0.3, 0.4) is 0 Å². The van der Waals surface area contributed by atoms with Crippen LogP contribution in [0.15, 0.2) is 30.6 Å². The van der Waals surface area contributed by atoms with E-state index < -0.39 is 6.09 Å². The van der Waals surface area contributed by atoms with Gasteiger partial charge in [-0.1, -0.05) is 18.2 Å². The maximum atomic E-state index is 10.7. The van der Waals surface area contributed by atoms with Gasteiger partial charge in [0, 0.05) is 22.2 Å². The lowest BCUT2D eigenvalue weighted by atomic mass is 9.91. The van der Waals surface area contributed by atoms with Crippen molar-refractivity contribution < 1.29 is 9.90 Å². The smallest absolute Gasteiger partial charge is 0.404 e. The van der Waals surface area contributed by atoms with Crippen LogP contribution in [-0.2, 0) is 0 Å². The van der Waals surface area contributed by atoms with Gasteiger partial charge in [0.15, 0.2) is 0 Å². The molecule has 0 bridgehead atoms. The van der Waals surface area contributed by atoms with E-state index in [9.17, 15) is 4.79 Å². The van der Waals surface area contributed by atoms with Crippen molar-refractivity contribution in [2.75, 3.05) is 5.32 Å². The molecule has 0 unspecified atom stereocenters. The van der Waals surface area contributed by atoms with Crippen molar-refractivity contribution in [3.63, 3.8) is 0 Å². The minimum absolute atomic E-state index is 0.0629. The summed E-state index contributed by atoms with van der Waals surface area (Å²) < 4.78 is 1.21. The molecule has 124 valence electrons. The number of rotatable bonds is 3. The van der Waals surface area contributed by atoms with Crippen LogP contribution in [0.5, 0.6) is 0 Å². The van der Waals surface area contributed by atoms with E-state index in [1.54, 1.807) is 17.7 Å². The Balaban J connectivity index is 1.56. The Morgan fingerprint density at radius 1 is 1.12 bits per heavy atom. The summed E-state index contributed by atoms with van der Waals surface area (Å²) in [5.74, 6) is 0.882.